The van der Waals surface area contributed by atoms with Crippen LogP contribution in [-0.2, 0) is 0 Å². The molecule has 0 radical (unpaired) electrons. The molecule has 0 atom stereocenters. The first kappa shape index (κ1) is 9.25. The zero-order valence-corrected chi connectivity index (χ0v) is 7.66. The molecular weight excluding hydrogens is 148 g/mol. The van der Waals surface area contributed by atoms with Crippen molar-refractivity contribution in [1.29, 1.82) is 5.26 Å². The van der Waals surface area contributed by atoms with Gasteiger partial charge in [0.15, 0.2) is 0 Å². The lowest BCUT2D eigenvalue weighted by Crippen LogP contribution is -2.16. The summed E-state index contributed by atoms with van der Waals surface area (Å²) in [6, 6.07) is 2.84. The SMILES string of the molecule is CC/C=N/C1CCC(C#N)CC1. The summed E-state index contributed by atoms with van der Waals surface area (Å²) < 4.78 is 0. The van der Waals surface area contributed by atoms with E-state index in [0.717, 1.165) is 32.1 Å². The van der Waals surface area contributed by atoms with Gasteiger partial charge < -0.3 is 0 Å². The molecule has 66 valence electrons. The molecule has 0 saturated heterocycles. The second-order valence-electron chi connectivity index (χ2n) is 3.37. The van der Waals surface area contributed by atoms with Gasteiger partial charge in [-0.15, -0.1) is 0 Å². The Labute approximate surface area is 74.3 Å². The third-order valence-electron chi connectivity index (χ3n) is 2.38. The van der Waals surface area contributed by atoms with Crippen LogP contribution in [0.15, 0.2) is 4.99 Å². The van der Waals surface area contributed by atoms with E-state index in [1.54, 1.807) is 0 Å². The fourth-order valence-corrected chi connectivity index (χ4v) is 1.61. The predicted molar refractivity (Wildman–Crippen MR) is 50.1 cm³/mol. The second-order valence-corrected chi connectivity index (χ2v) is 3.37. The third-order valence-corrected chi connectivity index (χ3v) is 2.38. The zero-order chi connectivity index (χ0) is 8.81. The monoisotopic (exact) mass is 164 g/mol. The number of hydrogen-bond donors (Lipinski definition) is 0. The Balaban J connectivity index is 2.27. The van der Waals surface area contributed by atoms with Crippen molar-refractivity contribution < 1.29 is 0 Å². The molecule has 0 unspecified atom stereocenters. The highest BCUT2D eigenvalue weighted by Gasteiger charge is 2.19. The molecule has 0 N–H and O–H groups in total. The molecule has 0 aromatic carbocycles. The van der Waals surface area contributed by atoms with Gasteiger partial charge in [-0.3, -0.25) is 4.99 Å². The summed E-state index contributed by atoms with van der Waals surface area (Å²) >= 11 is 0. The Kier molecular flexibility index (Phi) is 3.79. The first-order valence-corrected chi connectivity index (χ1v) is 4.78. The van der Waals surface area contributed by atoms with E-state index in [4.69, 9.17) is 5.26 Å². The maximum Gasteiger partial charge on any atom is 0.0655 e. The van der Waals surface area contributed by atoms with Crippen molar-refractivity contribution >= 4 is 6.21 Å². The van der Waals surface area contributed by atoms with Gasteiger partial charge in [0.25, 0.3) is 0 Å². The molecule has 0 heterocycles. The van der Waals surface area contributed by atoms with E-state index >= 15 is 0 Å². The second kappa shape index (κ2) is 4.92. The summed E-state index contributed by atoms with van der Waals surface area (Å²) in [5, 5.41) is 8.66. The number of nitriles is 1. The lowest BCUT2D eigenvalue weighted by Gasteiger charge is -2.21. The molecule has 0 aliphatic heterocycles. The average molecular weight is 164 g/mol. The van der Waals surface area contributed by atoms with Crippen molar-refractivity contribution in [2.75, 3.05) is 0 Å². The van der Waals surface area contributed by atoms with Gasteiger partial charge in [0.05, 0.1) is 6.07 Å². The molecule has 1 rings (SSSR count). The fraction of sp³-hybridized carbons (Fsp3) is 0.800. The van der Waals surface area contributed by atoms with E-state index in [0.29, 0.717) is 12.0 Å². The van der Waals surface area contributed by atoms with Crippen LogP contribution in [0.1, 0.15) is 39.0 Å². The van der Waals surface area contributed by atoms with Gasteiger partial charge in [0.2, 0.25) is 0 Å². The third kappa shape index (κ3) is 2.65. The van der Waals surface area contributed by atoms with E-state index in [1.165, 1.54) is 0 Å². The summed E-state index contributed by atoms with van der Waals surface area (Å²) in [5.41, 5.74) is 0. The summed E-state index contributed by atoms with van der Waals surface area (Å²) in [7, 11) is 0. The first-order valence-electron chi connectivity index (χ1n) is 4.78. The average Bonchev–Trinajstić information content (AvgIpc) is 2.15. The van der Waals surface area contributed by atoms with Crippen LogP contribution < -0.4 is 0 Å². The van der Waals surface area contributed by atoms with Crippen molar-refractivity contribution in [3.63, 3.8) is 0 Å². The van der Waals surface area contributed by atoms with E-state index in [1.807, 2.05) is 6.21 Å². The zero-order valence-electron chi connectivity index (χ0n) is 7.66. The van der Waals surface area contributed by atoms with Gasteiger partial charge in [0, 0.05) is 12.0 Å². The van der Waals surface area contributed by atoms with Crippen molar-refractivity contribution in [2.24, 2.45) is 10.9 Å². The Morgan fingerprint density at radius 1 is 1.42 bits per heavy atom. The number of aliphatic imine (C=N–C) groups is 1. The highest BCUT2D eigenvalue weighted by molar-refractivity contribution is 5.56. The molecule has 12 heavy (non-hydrogen) atoms. The normalized spacial score (nSPS) is 30.3. The van der Waals surface area contributed by atoms with E-state index in [9.17, 15) is 0 Å². The maximum atomic E-state index is 8.66. The quantitative estimate of drug-likeness (QED) is 0.578. The number of nitrogens with zero attached hydrogens (tertiary/aromatic N) is 2. The lowest BCUT2D eigenvalue weighted by molar-refractivity contribution is 0.383. The van der Waals surface area contributed by atoms with Crippen LogP contribution in [-0.4, -0.2) is 12.3 Å². The predicted octanol–water partition coefficient (Wildman–Crippen LogP) is 2.55. The van der Waals surface area contributed by atoms with Crippen molar-refractivity contribution in [1.82, 2.24) is 0 Å². The van der Waals surface area contributed by atoms with Crippen molar-refractivity contribution in [3.05, 3.63) is 0 Å². The molecule has 1 fully saturated rings. The van der Waals surface area contributed by atoms with Gasteiger partial charge in [-0.25, -0.2) is 0 Å². The smallest absolute Gasteiger partial charge is 0.0655 e. The lowest BCUT2D eigenvalue weighted by atomic mass is 9.87. The van der Waals surface area contributed by atoms with Crippen LogP contribution in [0.25, 0.3) is 0 Å². The summed E-state index contributed by atoms with van der Waals surface area (Å²) in [5.74, 6) is 0.304. The number of hydrogen-bond acceptors (Lipinski definition) is 2. The minimum Gasteiger partial charge on any atom is -0.294 e. The van der Waals surface area contributed by atoms with E-state index in [2.05, 4.69) is 18.0 Å². The Morgan fingerprint density at radius 2 is 2.08 bits per heavy atom. The van der Waals surface area contributed by atoms with Gasteiger partial charge in [-0.2, -0.15) is 5.26 Å². The Bertz CT molecular complexity index is 183. The minimum absolute atomic E-state index is 0.304. The Morgan fingerprint density at radius 3 is 2.58 bits per heavy atom. The molecule has 0 amide bonds. The first-order chi connectivity index (χ1) is 5.86. The molecule has 1 aliphatic carbocycles. The largest absolute Gasteiger partial charge is 0.294 e. The molecule has 0 aromatic rings. The highest BCUT2D eigenvalue weighted by Crippen LogP contribution is 2.25. The van der Waals surface area contributed by atoms with Gasteiger partial charge >= 0.3 is 0 Å². The van der Waals surface area contributed by atoms with Crippen LogP contribution in [0.2, 0.25) is 0 Å². The molecule has 1 saturated carbocycles. The molecular formula is C10H16N2. The number of rotatable bonds is 2. The van der Waals surface area contributed by atoms with Gasteiger partial charge in [0.1, 0.15) is 0 Å². The summed E-state index contributed by atoms with van der Waals surface area (Å²) in [4.78, 5) is 4.44. The molecule has 0 aromatic heterocycles. The van der Waals surface area contributed by atoms with Crippen LogP contribution in [0, 0.1) is 17.2 Å². The summed E-state index contributed by atoms with van der Waals surface area (Å²) in [6.07, 6.45) is 7.32. The molecule has 0 spiro atoms. The van der Waals surface area contributed by atoms with Gasteiger partial charge in [-0.1, -0.05) is 6.92 Å². The van der Waals surface area contributed by atoms with Crippen LogP contribution >= 0.6 is 0 Å². The maximum absolute atomic E-state index is 8.66. The Hall–Kier alpha value is -0.840. The molecule has 2 heteroatoms. The van der Waals surface area contributed by atoms with Crippen LogP contribution in [0.3, 0.4) is 0 Å². The minimum atomic E-state index is 0.304. The molecule has 1 aliphatic rings. The van der Waals surface area contributed by atoms with Crippen LogP contribution in [0.5, 0.6) is 0 Å². The van der Waals surface area contributed by atoms with E-state index < -0.39 is 0 Å². The van der Waals surface area contributed by atoms with Crippen molar-refractivity contribution in [3.8, 4) is 6.07 Å². The molecule has 0 bridgehead atoms. The summed E-state index contributed by atoms with van der Waals surface area (Å²) in [6.45, 7) is 2.10. The van der Waals surface area contributed by atoms with Gasteiger partial charge in [-0.05, 0) is 38.3 Å². The highest BCUT2D eigenvalue weighted by atomic mass is 14.8. The fourth-order valence-electron chi connectivity index (χ4n) is 1.61. The molecule has 2 nitrogen and oxygen atoms in total. The van der Waals surface area contributed by atoms with Crippen LogP contribution in [0.4, 0.5) is 0 Å². The standard InChI is InChI=1S/C10H16N2/c1-2-7-12-10-5-3-9(8-11)4-6-10/h7,9-10H,2-6H2,1H3/b12-7+. The van der Waals surface area contributed by atoms with Crippen molar-refractivity contribution in [2.45, 2.75) is 45.1 Å². The topological polar surface area (TPSA) is 36.1 Å². The van der Waals surface area contributed by atoms with E-state index in [-0.39, 0.29) is 0 Å².